The van der Waals surface area contributed by atoms with Crippen LogP contribution in [0.3, 0.4) is 0 Å². The Morgan fingerprint density at radius 3 is 2.71 bits per heavy atom. The molecule has 0 fully saturated rings. The number of aliphatic carboxylic acids is 1. The Morgan fingerprint density at radius 2 is 1.95 bits per heavy atom. The normalized spacial score (nSPS) is 10.5. The molecular formula is C14H18N4O3. The topological polar surface area (TPSA) is 96.3 Å². The van der Waals surface area contributed by atoms with Crippen molar-refractivity contribution in [3.8, 4) is 0 Å². The van der Waals surface area contributed by atoms with Gasteiger partial charge in [0.25, 0.3) is 0 Å². The SMILES string of the molecule is Cn1nc(CCNC(=O)NCCC(=O)O)c2ccccc21. The second kappa shape index (κ2) is 6.74. The van der Waals surface area contributed by atoms with Gasteiger partial charge in [0.15, 0.2) is 0 Å². The van der Waals surface area contributed by atoms with Gasteiger partial charge in [-0.15, -0.1) is 0 Å². The third kappa shape index (κ3) is 3.95. The lowest BCUT2D eigenvalue weighted by Crippen LogP contribution is -2.37. The summed E-state index contributed by atoms with van der Waals surface area (Å²) in [6, 6.07) is 7.56. The molecule has 7 heteroatoms. The summed E-state index contributed by atoms with van der Waals surface area (Å²) in [5.74, 6) is -0.935. The van der Waals surface area contributed by atoms with E-state index in [0.29, 0.717) is 13.0 Å². The van der Waals surface area contributed by atoms with E-state index in [0.717, 1.165) is 16.6 Å². The summed E-state index contributed by atoms with van der Waals surface area (Å²) in [5.41, 5.74) is 1.98. The number of amides is 2. The highest BCUT2D eigenvalue weighted by Crippen LogP contribution is 2.17. The molecule has 2 rings (SSSR count). The average Bonchev–Trinajstić information content (AvgIpc) is 2.76. The number of nitrogens with zero attached hydrogens (tertiary/aromatic N) is 2. The van der Waals surface area contributed by atoms with Crippen LogP contribution in [0.1, 0.15) is 12.1 Å². The van der Waals surface area contributed by atoms with Gasteiger partial charge in [-0.25, -0.2) is 4.79 Å². The molecule has 0 saturated heterocycles. The van der Waals surface area contributed by atoms with E-state index in [1.807, 2.05) is 36.0 Å². The summed E-state index contributed by atoms with van der Waals surface area (Å²) >= 11 is 0. The van der Waals surface area contributed by atoms with Crippen molar-refractivity contribution in [3.05, 3.63) is 30.0 Å². The summed E-state index contributed by atoms with van der Waals surface area (Å²) in [6.45, 7) is 0.563. The molecule has 21 heavy (non-hydrogen) atoms. The minimum atomic E-state index is -0.935. The highest BCUT2D eigenvalue weighted by molar-refractivity contribution is 5.82. The third-order valence-corrected chi connectivity index (χ3v) is 3.11. The number of carbonyl (C=O) groups is 2. The second-order valence-corrected chi connectivity index (χ2v) is 4.66. The molecule has 1 aromatic carbocycles. The molecule has 1 heterocycles. The van der Waals surface area contributed by atoms with Gasteiger partial charge in [-0.1, -0.05) is 18.2 Å². The monoisotopic (exact) mass is 290 g/mol. The number of hydrogen-bond donors (Lipinski definition) is 3. The number of aryl methyl sites for hydroxylation is 1. The van der Waals surface area contributed by atoms with Crippen molar-refractivity contribution in [1.29, 1.82) is 0 Å². The molecular weight excluding hydrogens is 272 g/mol. The zero-order valence-corrected chi connectivity index (χ0v) is 11.8. The first-order chi connectivity index (χ1) is 10.1. The molecule has 0 aliphatic heterocycles. The lowest BCUT2D eigenvalue weighted by Gasteiger charge is -2.05. The average molecular weight is 290 g/mol. The molecule has 0 saturated carbocycles. The molecule has 3 N–H and O–H groups in total. The van der Waals surface area contributed by atoms with Crippen molar-refractivity contribution in [2.75, 3.05) is 13.1 Å². The van der Waals surface area contributed by atoms with Gasteiger partial charge in [0, 0.05) is 31.9 Å². The highest BCUT2D eigenvalue weighted by atomic mass is 16.4. The fraction of sp³-hybridized carbons (Fsp3) is 0.357. The Hall–Kier alpha value is -2.57. The van der Waals surface area contributed by atoms with Crippen molar-refractivity contribution >= 4 is 22.9 Å². The van der Waals surface area contributed by atoms with Gasteiger partial charge in [-0.3, -0.25) is 9.48 Å². The maximum Gasteiger partial charge on any atom is 0.314 e. The van der Waals surface area contributed by atoms with Crippen LogP contribution in [0.15, 0.2) is 24.3 Å². The zero-order valence-electron chi connectivity index (χ0n) is 11.8. The first kappa shape index (κ1) is 14.8. The third-order valence-electron chi connectivity index (χ3n) is 3.11. The number of aromatic nitrogens is 2. The predicted molar refractivity (Wildman–Crippen MR) is 78.1 cm³/mol. The molecule has 0 spiro atoms. The number of carboxylic acid groups (broad SMARTS) is 1. The lowest BCUT2D eigenvalue weighted by molar-refractivity contribution is -0.136. The number of urea groups is 1. The van der Waals surface area contributed by atoms with Crippen molar-refractivity contribution in [1.82, 2.24) is 20.4 Å². The van der Waals surface area contributed by atoms with Crippen molar-refractivity contribution in [3.63, 3.8) is 0 Å². The van der Waals surface area contributed by atoms with Gasteiger partial charge < -0.3 is 15.7 Å². The number of carbonyl (C=O) groups excluding carboxylic acids is 1. The molecule has 0 unspecified atom stereocenters. The quantitative estimate of drug-likeness (QED) is 0.736. The van der Waals surface area contributed by atoms with Crippen molar-refractivity contribution < 1.29 is 14.7 Å². The van der Waals surface area contributed by atoms with E-state index < -0.39 is 5.97 Å². The highest BCUT2D eigenvalue weighted by Gasteiger charge is 2.08. The van der Waals surface area contributed by atoms with Crippen LogP contribution in [-0.4, -0.2) is 40.0 Å². The van der Waals surface area contributed by atoms with E-state index in [2.05, 4.69) is 15.7 Å². The number of fused-ring (bicyclic) bond motifs is 1. The molecule has 2 aromatic rings. The van der Waals surface area contributed by atoms with Gasteiger partial charge >= 0.3 is 12.0 Å². The molecule has 1 aromatic heterocycles. The Kier molecular flexibility index (Phi) is 4.76. The Morgan fingerprint density at radius 1 is 1.24 bits per heavy atom. The van der Waals surface area contributed by atoms with E-state index in [4.69, 9.17) is 5.11 Å². The maximum absolute atomic E-state index is 11.4. The van der Waals surface area contributed by atoms with E-state index in [1.54, 1.807) is 0 Å². The van der Waals surface area contributed by atoms with E-state index in [1.165, 1.54) is 0 Å². The van der Waals surface area contributed by atoms with E-state index >= 15 is 0 Å². The summed E-state index contributed by atoms with van der Waals surface area (Å²) < 4.78 is 1.82. The smallest absolute Gasteiger partial charge is 0.314 e. The Balaban J connectivity index is 1.82. The minimum Gasteiger partial charge on any atom is -0.481 e. The van der Waals surface area contributed by atoms with Crippen LogP contribution >= 0.6 is 0 Å². The second-order valence-electron chi connectivity index (χ2n) is 4.66. The van der Waals surface area contributed by atoms with Crippen LogP contribution in [0.25, 0.3) is 10.9 Å². The van der Waals surface area contributed by atoms with Crippen molar-refractivity contribution in [2.24, 2.45) is 7.05 Å². The molecule has 0 radical (unpaired) electrons. The van der Waals surface area contributed by atoms with Crippen LogP contribution in [0.5, 0.6) is 0 Å². The van der Waals surface area contributed by atoms with Gasteiger partial charge in [0.1, 0.15) is 0 Å². The first-order valence-corrected chi connectivity index (χ1v) is 6.72. The fourth-order valence-corrected chi connectivity index (χ4v) is 2.11. The molecule has 2 amide bonds. The zero-order chi connectivity index (χ0) is 15.2. The molecule has 0 bridgehead atoms. The summed E-state index contributed by atoms with van der Waals surface area (Å²) in [5, 5.41) is 19.2. The number of nitrogens with one attached hydrogen (secondary N) is 2. The summed E-state index contributed by atoms with van der Waals surface area (Å²) in [6.07, 6.45) is 0.534. The number of carboxylic acids is 1. The molecule has 112 valence electrons. The van der Waals surface area contributed by atoms with Gasteiger partial charge in [0.2, 0.25) is 0 Å². The first-order valence-electron chi connectivity index (χ1n) is 6.72. The van der Waals surface area contributed by atoms with Crippen LogP contribution in [0.4, 0.5) is 4.79 Å². The van der Waals surface area contributed by atoms with E-state index in [9.17, 15) is 9.59 Å². The summed E-state index contributed by atoms with van der Waals surface area (Å²) in [7, 11) is 1.89. The van der Waals surface area contributed by atoms with Crippen LogP contribution in [0.2, 0.25) is 0 Å². The Bertz CT molecular complexity index is 651. The van der Waals surface area contributed by atoms with Gasteiger partial charge in [-0.2, -0.15) is 5.10 Å². The summed E-state index contributed by atoms with van der Waals surface area (Å²) in [4.78, 5) is 21.8. The van der Waals surface area contributed by atoms with Gasteiger partial charge in [-0.05, 0) is 6.07 Å². The Labute approximate surface area is 121 Å². The standard InChI is InChI=1S/C14H18N4O3/c1-18-12-5-3-2-4-10(12)11(17-18)6-8-15-14(21)16-9-7-13(19)20/h2-5H,6-9H2,1H3,(H,19,20)(H2,15,16,21). The van der Waals surface area contributed by atoms with Gasteiger partial charge in [0.05, 0.1) is 17.6 Å². The fourth-order valence-electron chi connectivity index (χ4n) is 2.11. The number of para-hydroxylation sites is 1. The van der Waals surface area contributed by atoms with Crippen LogP contribution in [0, 0.1) is 0 Å². The van der Waals surface area contributed by atoms with Crippen LogP contribution < -0.4 is 10.6 Å². The molecule has 0 aliphatic rings. The number of benzene rings is 1. The number of rotatable bonds is 6. The van der Waals surface area contributed by atoms with Crippen molar-refractivity contribution in [2.45, 2.75) is 12.8 Å². The predicted octanol–water partition coefficient (Wildman–Crippen LogP) is 0.890. The maximum atomic E-state index is 11.4. The largest absolute Gasteiger partial charge is 0.481 e. The lowest BCUT2D eigenvalue weighted by atomic mass is 10.2. The minimum absolute atomic E-state index is 0.0850. The molecule has 0 atom stereocenters. The van der Waals surface area contributed by atoms with Crippen LogP contribution in [-0.2, 0) is 18.3 Å². The molecule has 0 aliphatic carbocycles. The number of hydrogen-bond acceptors (Lipinski definition) is 3. The molecule has 7 nitrogen and oxygen atoms in total. The van der Waals surface area contributed by atoms with E-state index in [-0.39, 0.29) is 19.0 Å².